The van der Waals surface area contributed by atoms with Crippen LogP contribution in [0.25, 0.3) is 0 Å². The van der Waals surface area contributed by atoms with Crippen LogP contribution in [0.1, 0.15) is 45.8 Å². The first-order valence-corrected chi connectivity index (χ1v) is 13.0. The lowest BCUT2D eigenvalue weighted by molar-refractivity contribution is -0.193. The molecule has 6 atom stereocenters. The zero-order valence-corrected chi connectivity index (χ0v) is 20.2. The number of hydrogen-bond acceptors (Lipinski definition) is 11. The lowest BCUT2D eigenvalue weighted by Crippen LogP contribution is -2.40. The number of ether oxygens (including phenoxy) is 3. The van der Waals surface area contributed by atoms with E-state index in [0.717, 1.165) is 0 Å². The second kappa shape index (κ2) is 10.2. The number of nitrogens with zero attached hydrogens (tertiary/aromatic N) is 3. The predicted molar refractivity (Wildman–Crippen MR) is 122 cm³/mol. The quantitative estimate of drug-likeness (QED) is 0.330. The van der Waals surface area contributed by atoms with Gasteiger partial charge >= 0.3 is 0 Å². The van der Waals surface area contributed by atoms with Crippen LogP contribution in [0.15, 0.2) is 11.3 Å². The van der Waals surface area contributed by atoms with Gasteiger partial charge in [0.25, 0.3) is 0 Å². The first kappa shape index (κ1) is 25.1. The molecule has 0 aliphatic carbocycles. The van der Waals surface area contributed by atoms with Crippen molar-refractivity contribution in [2.24, 2.45) is 16.5 Å². The molecule has 3 rings (SSSR count). The Morgan fingerprint density at radius 2 is 2.12 bits per heavy atom. The van der Waals surface area contributed by atoms with Crippen LogP contribution >= 0.6 is 6.49 Å². The van der Waals surface area contributed by atoms with Gasteiger partial charge in [-0.3, -0.25) is 4.57 Å². The Morgan fingerprint density at radius 3 is 2.75 bits per heavy atom. The molecule has 0 saturated carbocycles. The number of fused-ring (bicyclic) bond motifs is 1. The van der Waals surface area contributed by atoms with Crippen molar-refractivity contribution in [1.82, 2.24) is 9.55 Å². The zero-order valence-electron chi connectivity index (χ0n) is 18.5. The summed E-state index contributed by atoms with van der Waals surface area (Å²) in [5.74, 6) is 3.11. The average molecular weight is 486 g/mol. The van der Waals surface area contributed by atoms with Crippen LogP contribution in [0.5, 0.6) is 0 Å². The molecule has 2 aliphatic heterocycles. The summed E-state index contributed by atoms with van der Waals surface area (Å²) in [6.07, 6.45) is 3.28. The number of nitrogens with two attached hydrogens (primary N) is 2. The van der Waals surface area contributed by atoms with E-state index >= 15 is 0 Å². The summed E-state index contributed by atoms with van der Waals surface area (Å²) in [6.45, 7) is 4.07. The van der Waals surface area contributed by atoms with Crippen LogP contribution in [0.4, 0.5) is 5.82 Å². The minimum atomic E-state index is -3.40. The summed E-state index contributed by atoms with van der Waals surface area (Å²) in [5, 5.41) is 2.96. The van der Waals surface area contributed by atoms with Crippen molar-refractivity contribution in [3.05, 3.63) is 12.0 Å². The average Bonchev–Trinajstić information content (AvgIpc) is 3.25. The largest absolute Gasteiger partial charge is 0.800 e. The standard InChI is InChI=1S/C19H31N6O5PS/c1-6-7-27-15-14(30-31(26,32)11(4)5)12(8-28-10(2)3)29-18(15)25-9-22-13-16(20)23-19(21)24-17(13)25/h1,9-12,14-16,18H,7-8,20H2,2-5H3,(H,26,32)(H3,21,23,24)/p-1/t12-,14+,15?,16?,18-,31?/m1/s1. The van der Waals surface area contributed by atoms with Gasteiger partial charge in [-0.25, -0.2) is 9.98 Å². The van der Waals surface area contributed by atoms with Crippen molar-refractivity contribution in [3.63, 3.8) is 0 Å². The van der Waals surface area contributed by atoms with Gasteiger partial charge in [-0.05, 0) is 26.0 Å². The molecule has 1 saturated heterocycles. The van der Waals surface area contributed by atoms with Crippen LogP contribution < -0.4 is 21.7 Å². The highest BCUT2D eigenvalue weighted by molar-refractivity contribution is 8.09. The van der Waals surface area contributed by atoms with Crippen molar-refractivity contribution in [3.8, 4) is 12.3 Å². The van der Waals surface area contributed by atoms with E-state index in [1.807, 2.05) is 13.8 Å². The van der Waals surface area contributed by atoms with Crippen molar-refractivity contribution < 1.29 is 23.6 Å². The molecule has 1 aromatic rings. The maximum atomic E-state index is 13.0. The maximum absolute atomic E-state index is 13.0. The van der Waals surface area contributed by atoms with Gasteiger partial charge in [0.05, 0.1) is 19.0 Å². The van der Waals surface area contributed by atoms with E-state index in [4.69, 9.17) is 48.4 Å². The van der Waals surface area contributed by atoms with E-state index in [-0.39, 0.29) is 30.9 Å². The van der Waals surface area contributed by atoms with E-state index < -0.39 is 37.2 Å². The number of hydrogen-bond donors (Lipinski definition) is 3. The number of imidazole rings is 1. The highest BCUT2D eigenvalue weighted by Crippen LogP contribution is 2.49. The fourth-order valence-corrected chi connectivity index (χ4v) is 4.51. The second-order valence-electron chi connectivity index (χ2n) is 8.10. The molecule has 178 valence electrons. The third kappa shape index (κ3) is 5.32. The minimum Gasteiger partial charge on any atom is -0.800 e. The van der Waals surface area contributed by atoms with E-state index in [2.05, 4.69) is 21.2 Å². The Bertz CT molecular complexity index is 932. The monoisotopic (exact) mass is 485 g/mol. The van der Waals surface area contributed by atoms with Gasteiger partial charge in [-0.1, -0.05) is 31.6 Å². The summed E-state index contributed by atoms with van der Waals surface area (Å²) in [7, 11) is 0. The highest BCUT2D eigenvalue weighted by atomic mass is 32.5. The normalized spacial score (nSPS) is 29.3. The van der Waals surface area contributed by atoms with E-state index in [1.54, 1.807) is 24.7 Å². The third-order valence-electron chi connectivity index (χ3n) is 5.04. The number of guanidine groups is 1. The number of aliphatic imine (C=N–C) groups is 1. The lowest BCUT2D eigenvalue weighted by Gasteiger charge is -2.37. The van der Waals surface area contributed by atoms with Crippen LogP contribution in [-0.2, 0) is 30.5 Å². The number of nitrogens with one attached hydrogen (secondary N) is 1. The fraction of sp³-hybridized carbons (Fsp3) is 0.684. The molecule has 32 heavy (non-hydrogen) atoms. The SMILES string of the molecule is C#CCOC1[C@@H](OP([O-])(=S)C(C)C)[C@@H](COC(C)C)O[C@H]1n1cnc2c1NC(N)=NC2N. The van der Waals surface area contributed by atoms with Crippen LogP contribution in [0, 0.1) is 12.3 Å². The number of anilines is 1. The van der Waals surface area contributed by atoms with Gasteiger partial charge in [0.15, 0.2) is 12.2 Å². The number of terminal acetylenes is 1. The zero-order chi connectivity index (χ0) is 23.6. The van der Waals surface area contributed by atoms with Gasteiger partial charge in [0.1, 0.15) is 42.6 Å². The molecule has 1 fully saturated rings. The van der Waals surface area contributed by atoms with Crippen LogP contribution in [-0.4, -0.2) is 58.8 Å². The molecule has 3 heterocycles. The minimum absolute atomic E-state index is 0.0149. The topological polar surface area (TPSA) is 154 Å². The number of aromatic nitrogens is 2. The Balaban J connectivity index is 1.98. The number of rotatable bonds is 9. The first-order chi connectivity index (χ1) is 15.0. The van der Waals surface area contributed by atoms with Crippen LogP contribution in [0.2, 0.25) is 0 Å². The van der Waals surface area contributed by atoms with Gasteiger partial charge in [0.2, 0.25) is 0 Å². The molecular formula is C19H30N6O5PS-. The summed E-state index contributed by atoms with van der Waals surface area (Å²) in [6, 6.07) is 0. The fourth-order valence-electron chi connectivity index (χ4n) is 3.37. The molecule has 3 unspecified atom stereocenters. The van der Waals surface area contributed by atoms with Gasteiger partial charge in [-0.2, -0.15) is 0 Å². The van der Waals surface area contributed by atoms with E-state index in [1.165, 1.54) is 0 Å². The van der Waals surface area contributed by atoms with Crippen LogP contribution in [0.3, 0.4) is 0 Å². The molecule has 5 N–H and O–H groups in total. The Hall–Kier alpha value is -1.55. The molecule has 1 aromatic heterocycles. The van der Waals surface area contributed by atoms with Gasteiger partial charge in [0, 0.05) is 0 Å². The molecule has 0 radical (unpaired) electrons. The summed E-state index contributed by atoms with van der Waals surface area (Å²) in [4.78, 5) is 21.4. The molecule has 0 spiro atoms. The molecule has 11 nitrogen and oxygen atoms in total. The van der Waals surface area contributed by atoms with Gasteiger partial charge in [-0.15, -0.1) is 6.42 Å². The second-order valence-corrected chi connectivity index (χ2v) is 12.0. The van der Waals surface area contributed by atoms with E-state index in [9.17, 15) is 4.89 Å². The van der Waals surface area contributed by atoms with Crippen molar-refractivity contribution in [2.75, 3.05) is 18.5 Å². The summed E-state index contributed by atoms with van der Waals surface area (Å²) in [5.41, 5.74) is 12.0. The Kier molecular flexibility index (Phi) is 7.96. The molecule has 2 aliphatic rings. The Morgan fingerprint density at radius 1 is 1.41 bits per heavy atom. The maximum Gasteiger partial charge on any atom is 0.196 e. The Labute approximate surface area is 193 Å². The van der Waals surface area contributed by atoms with Gasteiger partial charge < -0.3 is 40.4 Å². The third-order valence-corrected chi connectivity index (χ3v) is 8.37. The molecular weight excluding hydrogens is 455 g/mol. The van der Waals surface area contributed by atoms with Crippen molar-refractivity contribution in [2.45, 2.75) is 70.2 Å². The molecule has 0 aromatic carbocycles. The molecule has 0 bridgehead atoms. The summed E-state index contributed by atoms with van der Waals surface area (Å²) < 4.78 is 25.7. The lowest BCUT2D eigenvalue weighted by atomic mass is 10.1. The highest BCUT2D eigenvalue weighted by Gasteiger charge is 2.49. The molecule has 0 amide bonds. The van der Waals surface area contributed by atoms with Crippen molar-refractivity contribution in [1.29, 1.82) is 0 Å². The predicted octanol–water partition coefficient (Wildman–Crippen LogP) is 0.385. The first-order valence-electron chi connectivity index (χ1n) is 10.3. The molecule has 13 heteroatoms. The van der Waals surface area contributed by atoms with Crippen molar-refractivity contribution >= 4 is 30.1 Å². The summed E-state index contributed by atoms with van der Waals surface area (Å²) >= 11 is 5.29. The van der Waals surface area contributed by atoms with E-state index in [0.29, 0.717) is 11.5 Å². The smallest absolute Gasteiger partial charge is 0.196 e.